The van der Waals surface area contributed by atoms with E-state index in [9.17, 15) is 22.4 Å². The number of hydrogen-bond acceptors (Lipinski definition) is 4. The SMILES string of the molecule is O=C(Oc1ccc(-c2ccc(F)c(F)c2)c(F)c1)c1ncc(CCCCF)cn1. The van der Waals surface area contributed by atoms with Crippen molar-refractivity contribution < 1.29 is 27.1 Å². The first kappa shape index (κ1) is 20.4. The molecule has 1 heterocycles. The summed E-state index contributed by atoms with van der Waals surface area (Å²) in [5.74, 6) is -4.07. The van der Waals surface area contributed by atoms with E-state index in [4.69, 9.17) is 4.74 Å². The van der Waals surface area contributed by atoms with Crippen molar-refractivity contribution in [2.24, 2.45) is 0 Å². The molecule has 0 N–H and O–H groups in total. The molecule has 0 atom stereocenters. The van der Waals surface area contributed by atoms with Gasteiger partial charge in [0.15, 0.2) is 11.6 Å². The minimum Gasteiger partial charge on any atom is -0.421 e. The lowest BCUT2D eigenvalue weighted by atomic mass is 10.0. The van der Waals surface area contributed by atoms with Gasteiger partial charge in [-0.25, -0.2) is 27.9 Å². The molecule has 0 radical (unpaired) electrons. The van der Waals surface area contributed by atoms with Crippen molar-refractivity contribution in [1.82, 2.24) is 9.97 Å². The number of carbonyl (C=O) groups excluding carboxylic acids is 1. The van der Waals surface area contributed by atoms with Crippen LogP contribution in [0.1, 0.15) is 29.0 Å². The lowest BCUT2D eigenvalue weighted by molar-refractivity contribution is 0.0721. The Morgan fingerprint density at radius 1 is 0.897 bits per heavy atom. The highest BCUT2D eigenvalue weighted by atomic mass is 19.2. The molecule has 8 heteroatoms. The molecule has 0 aliphatic heterocycles. The molecule has 0 amide bonds. The van der Waals surface area contributed by atoms with E-state index in [2.05, 4.69) is 9.97 Å². The number of carbonyl (C=O) groups is 1. The van der Waals surface area contributed by atoms with Crippen LogP contribution in [0.2, 0.25) is 0 Å². The lowest BCUT2D eigenvalue weighted by Gasteiger charge is -2.08. The number of aromatic nitrogens is 2. The van der Waals surface area contributed by atoms with Crippen molar-refractivity contribution in [3.8, 4) is 16.9 Å². The minimum atomic E-state index is -1.09. The molecule has 0 fully saturated rings. The highest BCUT2D eigenvalue weighted by Gasteiger charge is 2.15. The largest absolute Gasteiger partial charge is 0.421 e. The van der Waals surface area contributed by atoms with Crippen LogP contribution in [0.25, 0.3) is 11.1 Å². The predicted octanol–water partition coefficient (Wildman–Crippen LogP) is 5.07. The van der Waals surface area contributed by atoms with Crippen molar-refractivity contribution in [3.05, 3.63) is 77.6 Å². The predicted molar refractivity (Wildman–Crippen MR) is 97.7 cm³/mol. The second-order valence-electron chi connectivity index (χ2n) is 6.22. The summed E-state index contributed by atoms with van der Waals surface area (Å²) < 4.78 is 57.9. The van der Waals surface area contributed by atoms with Crippen LogP contribution < -0.4 is 4.74 Å². The van der Waals surface area contributed by atoms with Gasteiger partial charge < -0.3 is 4.74 Å². The number of unbranched alkanes of at least 4 members (excludes halogenated alkanes) is 1. The average Bonchev–Trinajstić information content (AvgIpc) is 2.71. The van der Waals surface area contributed by atoms with E-state index in [1.54, 1.807) is 0 Å². The van der Waals surface area contributed by atoms with E-state index >= 15 is 0 Å². The fourth-order valence-corrected chi connectivity index (χ4v) is 2.62. The standard InChI is InChI=1S/C21H16F4N2O2/c22-8-2-1-3-13-11-26-20(27-12-13)21(28)29-15-5-6-16(18(24)10-15)14-4-7-17(23)19(25)9-14/h4-7,9-12H,1-3,8H2. The molecule has 2 aromatic carbocycles. The van der Waals surface area contributed by atoms with E-state index in [-0.39, 0.29) is 22.7 Å². The fourth-order valence-electron chi connectivity index (χ4n) is 2.62. The Labute approximate surface area is 164 Å². The molecule has 4 nitrogen and oxygen atoms in total. The van der Waals surface area contributed by atoms with E-state index in [0.29, 0.717) is 19.3 Å². The van der Waals surface area contributed by atoms with E-state index in [1.165, 1.54) is 30.6 Å². The van der Waals surface area contributed by atoms with Crippen LogP contribution in [0.4, 0.5) is 17.6 Å². The van der Waals surface area contributed by atoms with Gasteiger partial charge in [0.1, 0.15) is 11.6 Å². The summed E-state index contributed by atoms with van der Waals surface area (Å²) >= 11 is 0. The number of hydrogen-bond donors (Lipinski definition) is 0. The molecule has 0 bridgehead atoms. The summed E-state index contributed by atoms with van der Waals surface area (Å²) in [5, 5.41) is 0. The number of nitrogens with zero attached hydrogens (tertiary/aromatic N) is 2. The van der Waals surface area contributed by atoms with Gasteiger partial charge in [0, 0.05) is 24.0 Å². The number of benzene rings is 2. The molecule has 29 heavy (non-hydrogen) atoms. The normalized spacial score (nSPS) is 10.8. The van der Waals surface area contributed by atoms with Gasteiger partial charge in [0.2, 0.25) is 5.82 Å². The molecule has 0 aliphatic carbocycles. The Hall–Kier alpha value is -3.29. The second-order valence-corrected chi connectivity index (χ2v) is 6.22. The molecule has 0 saturated carbocycles. The van der Waals surface area contributed by atoms with Gasteiger partial charge >= 0.3 is 5.97 Å². The zero-order valence-electron chi connectivity index (χ0n) is 15.2. The van der Waals surface area contributed by atoms with Crippen molar-refractivity contribution in [2.45, 2.75) is 19.3 Å². The van der Waals surface area contributed by atoms with Crippen LogP contribution in [-0.2, 0) is 6.42 Å². The van der Waals surface area contributed by atoms with Gasteiger partial charge in [-0.05, 0) is 54.7 Å². The van der Waals surface area contributed by atoms with Gasteiger partial charge in [-0.2, -0.15) is 0 Å². The third-order valence-corrected chi connectivity index (χ3v) is 4.12. The molecular weight excluding hydrogens is 388 g/mol. The molecule has 3 aromatic rings. The summed E-state index contributed by atoms with van der Waals surface area (Å²) in [6.45, 7) is -0.392. The van der Waals surface area contributed by atoms with Gasteiger partial charge in [0.05, 0.1) is 6.67 Å². The van der Waals surface area contributed by atoms with Crippen molar-refractivity contribution in [2.75, 3.05) is 6.67 Å². The van der Waals surface area contributed by atoms with Gasteiger partial charge in [-0.1, -0.05) is 6.07 Å². The Balaban J connectivity index is 1.69. The second kappa shape index (κ2) is 9.27. The van der Waals surface area contributed by atoms with Gasteiger partial charge in [-0.15, -0.1) is 0 Å². The maximum Gasteiger partial charge on any atom is 0.381 e. The topological polar surface area (TPSA) is 52.1 Å². The number of ether oxygens (including phenoxy) is 1. The summed E-state index contributed by atoms with van der Waals surface area (Å²) in [6.07, 6.45) is 4.59. The average molecular weight is 404 g/mol. The number of halogens is 4. The third-order valence-electron chi connectivity index (χ3n) is 4.12. The van der Waals surface area contributed by atoms with E-state index in [0.717, 1.165) is 23.8 Å². The summed E-state index contributed by atoms with van der Waals surface area (Å²) in [6, 6.07) is 6.59. The van der Waals surface area contributed by atoms with Crippen LogP contribution >= 0.6 is 0 Å². The summed E-state index contributed by atoms with van der Waals surface area (Å²) in [4.78, 5) is 19.9. The van der Waals surface area contributed by atoms with Gasteiger partial charge in [-0.3, -0.25) is 4.39 Å². The monoisotopic (exact) mass is 404 g/mol. The number of alkyl halides is 1. The fraction of sp³-hybridized carbons (Fsp3) is 0.190. The first-order chi connectivity index (χ1) is 14.0. The van der Waals surface area contributed by atoms with E-state index in [1.807, 2.05) is 0 Å². The molecule has 1 aromatic heterocycles. The minimum absolute atomic E-state index is 0.0255. The van der Waals surface area contributed by atoms with Crippen LogP contribution in [0, 0.1) is 17.5 Å². The smallest absolute Gasteiger partial charge is 0.381 e. The molecule has 150 valence electrons. The first-order valence-corrected chi connectivity index (χ1v) is 8.82. The molecule has 0 spiro atoms. The van der Waals surface area contributed by atoms with E-state index < -0.39 is 30.1 Å². The van der Waals surface area contributed by atoms with Crippen LogP contribution in [0.5, 0.6) is 5.75 Å². The summed E-state index contributed by atoms with van der Waals surface area (Å²) in [7, 11) is 0. The molecular formula is C21H16F4N2O2. The van der Waals surface area contributed by atoms with Crippen LogP contribution in [-0.4, -0.2) is 22.6 Å². The molecule has 0 unspecified atom stereocenters. The zero-order chi connectivity index (χ0) is 20.8. The third kappa shape index (κ3) is 5.16. The van der Waals surface area contributed by atoms with Crippen molar-refractivity contribution in [1.29, 1.82) is 0 Å². The van der Waals surface area contributed by atoms with Crippen molar-refractivity contribution in [3.63, 3.8) is 0 Å². The van der Waals surface area contributed by atoms with Crippen LogP contribution in [0.15, 0.2) is 48.8 Å². The molecule has 0 aliphatic rings. The first-order valence-electron chi connectivity index (χ1n) is 8.82. The number of rotatable bonds is 7. The highest BCUT2D eigenvalue weighted by Crippen LogP contribution is 2.27. The number of aryl methyl sites for hydroxylation is 1. The van der Waals surface area contributed by atoms with Crippen LogP contribution in [0.3, 0.4) is 0 Å². The summed E-state index contributed by atoms with van der Waals surface area (Å²) in [5.41, 5.74) is 0.931. The van der Waals surface area contributed by atoms with Gasteiger partial charge in [0.25, 0.3) is 0 Å². The molecule has 3 rings (SSSR count). The van der Waals surface area contributed by atoms with Crippen molar-refractivity contribution >= 4 is 5.97 Å². The Morgan fingerprint density at radius 3 is 2.31 bits per heavy atom. The Morgan fingerprint density at radius 2 is 1.66 bits per heavy atom. The zero-order valence-corrected chi connectivity index (χ0v) is 15.2. The Kier molecular flexibility index (Phi) is 6.54. The highest BCUT2D eigenvalue weighted by molar-refractivity contribution is 5.87. The molecule has 0 saturated heterocycles. The maximum absolute atomic E-state index is 14.4. The lowest BCUT2D eigenvalue weighted by Crippen LogP contribution is -2.13. The Bertz CT molecular complexity index is 1010. The quantitative estimate of drug-likeness (QED) is 0.239. The maximum atomic E-state index is 14.4. The number of esters is 1.